The van der Waals surface area contributed by atoms with Gasteiger partial charge in [0.05, 0.1) is 18.8 Å². The van der Waals surface area contributed by atoms with Gasteiger partial charge in [0, 0.05) is 21.5 Å². The van der Waals surface area contributed by atoms with E-state index in [1.807, 2.05) is 0 Å². The van der Waals surface area contributed by atoms with E-state index in [9.17, 15) is 4.79 Å². The Morgan fingerprint density at radius 1 is 1.16 bits per heavy atom. The van der Waals surface area contributed by atoms with Crippen molar-refractivity contribution in [3.8, 4) is 5.75 Å². The van der Waals surface area contributed by atoms with Gasteiger partial charge in [0.25, 0.3) is 5.91 Å². The van der Waals surface area contributed by atoms with Crippen LogP contribution in [0, 0.1) is 0 Å². The smallest absolute Gasteiger partial charge is 0.271 e. The number of nitrogens with one attached hydrogen (secondary N) is 1. The molecule has 1 amide bonds. The molecule has 0 spiro atoms. The average Bonchev–Trinajstić information content (AvgIpc) is 2.62. The number of nitrogens with zero attached hydrogens (tertiary/aromatic N) is 2. The summed E-state index contributed by atoms with van der Waals surface area (Å²) in [6.07, 6.45) is 1.44. The fourth-order valence-electron chi connectivity index (χ4n) is 2.20. The summed E-state index contributed by atoms with van der Waals surface area (Å²) in [7, 11) is 1.56. The largest absolute Gasteiger partial charge is 0.497 e. The molecule has 25 heavy (non-hydrogen) atoms. The fraction of sp³-hybridized carbons (Fsp3) is 0.0556. The quantitative estimate of drug-likeness (QED) is 0.420. The number of hydrazone groups is 1. The topological polar surface area (TPSA) is 63.6 Å². The summed E-state index contributed by atoms with van der Waals surface area (Å²) < 4.78 is 5.05. The normalized spacial score (nSPS) is 11.0. The van der Waals surface area contributed by atoms with Crippen LogP contribution in [-0.2, 0) is 0 Å². The number of amides is 1. The Labute approximate surface area is 154 Å². The molecule has 0 aliphatic heterocycles. The molecule has 0 radical (unpaired) electrons. The van der Waals surface area contributed by atoms with E-state index in [0.29, 0.717) is 21.9 Å². The molecule has 0 fully saturated rings. The van der Waals surface area contributed by atoms with Crippen molar-refractivity contribution in [2.24, 2.45) is 5.10 Å². The minimum absolute atomic E-state index is 0.289. The van der Waals surface area contributed by atoms with Crippen LogP contribution in [0.1, 0.15) is 15.9 Å². The monoisotopic (exact) mass is 373 g/mol. The Morgan fingerprint density at radius 2 is 1.92 bits per heavy atom. The number of carbonyl (C=O) groups is 1. The Balaban J connectivity index is 1.75. The molecular formula is C18H13Cl2N3O2. The summed E-state index contributed by atoms with van der Waals surface area (Å²) in [6, 6.07) is 13.8. The van der Waals surface area contributed by atoms with Gasteiger partial charge in [-0.1, -0.05) is 23.2 Å². The number of fused-ring (bicyclic) bond motifs is 1. The van der Waals surface area contributed by atoms with E-state index >= 15 is 0 Å². The number of hydrogen-bond donors (Lipinski definition) is 1. The number of benzene rings is 2. The van der Waals surface area contributed by atoms with Gasteiger partial charge in [-0.25, -0.2) is 10.4 Å². The number of hydrogen-bond acceptors (Lipinski definition) is 4. The summed E-state index contributed by atoms with van der Waals surface area (Å²) in [5.41, 5.74) is 4.22. The van der Waals surface area contributed by atoms with E-state index in [4.69, 9.17) is 27.9 Å². The highest BCUT2D eigenvalue weighted by atomic mass is 35.5. The molecule has 2 aromatic carbocycles. The zero-order valence-electron chi connectivity index (χ0n) is 13.2. The molecule has 5 nitrogen and oxygen atoms in total. The summed E-state index contributed by atoms with van der Waals surface area (Å²) in [5.74, 6) is 0.333. The highest BCUT2D eigenvalue weighted by Crippen LogP contribution is 2.22. The van der Waals surface area contributed by atoms with E-state index in [1.165, 1.54) is 6.21 Å². The lowest BCUT2D eigenvalue weighted by atomic mass is 10.2. The number of methoxy groups -OCH3 is 1. The number of rotatable bonds is 4. The standard InChI is InChI=1S/C18H13Cl2N3O2/c1-25-15-5-2-11(3-6-15)18(24)23-21-10-13-8-12-9-14(19)4-7-16(12)22-17(13)20/h2-10H,1H3,(H,23,24)/b21-10-. The number of aromatic nitrogens is 1. The second-order valence-electron chi connectivity index (χ2n) is 5.13. The van der Waals surface area contributed by atoms with Crippen molar-refractivity contribution in [3.05, 3.63) is 69.8 Å². The number of carbonyl (C=O) groups excluding carboxylic acids is 1. The van der Waals surface area contributed by atoms with Crippen molar-refractivity contribution in [1.82, 2.24) is 10.4 Å². The molecule has 1 N–H and O–H groups in total. The maximum Gasteiger partial charge on any atom is 0.271 e. The fourth-order valence-corrected chi connectivity index (χ4v) is 2.57. The molecule has 0 saturated heterocycles. The number of halogens is 2. The molecular weight excluding hydrogens is 361 g/mol. The molecule has 3 aromatic rings. The summed E-state index contributed by atoms with van der Waals surface area (Å²) in [6.45, 7) is 0. The summed E-state index contributed by atoms with van der Waals surface area (Å²) >= 11 is 12.1. The van der Waals surface area contributed by atoms with Crippen LogP contribution in [0.4, 0.5) is 0 Å². The van der Waals surface area contributed by atoms with E-state index in [2.05, 4.69) is 15.5 Å². The maximum atomic E-state index is 12.0. The lowest BCUT2D eigenvalue weighted by Gasteiger charge is -2.04. The van der Waals surface area contributed by atoms with E-state index in [1.54, 1.807) is 55.6 Å². The summed E-state index contributed by atoms with van der Waals surface area (Å²) in [4.78, 5) is 16.3. The molecule has 0 unspecified atom stereocenters. The number of pyridine rings is 1. The third kappa shape index (κ3) is 4.07. The lowest BCUT2D eigenvalue weighted by molar-refractivity contribution is 0.0955. The highest BCUT2D eigenvalue weighted by Gasteiger charge is 2.06. The Kier molecular flexibility index (Phi) is 5.16. The van der Waals surface area contributed by atoms with Crippen molar-refractivity contribution in [1.29, 1.82) is 0 Å². The van der Waals surface area contributed by atoms with E-state index < -0.39 is 0 Å². The molecule has 7 heteroatoms. The van der Waals surface area contributed by atoms with Crippen molar-refractivity contribution in [2.75, 3.05) is 7.11 Å². The molecule has 0 aliphatic carbocycles. The Bertz CT molecular complexity index is 956. The van der Waals surface area contributed by atoms with Gasteiger partial charge in [0.15, 0.2) is 0 Å². The third-order valence-corrected chi connectivity index (χ3v) is 4.02. The molecule has 0 aliphatic rings. The molecule has 126 valence electrons. The first-order chi connectivity index (χ1) is 12.1. The van der Waals surface area contributed by atoms with E-state index in [0.717, 1.165) is 10.9 Å². The SMILES string of the molecule is COc1ccc(C(=O)N/N=C\c2cc3cc(Cl)ccc3nc2Cl)cc1. The van der Waals surface area contributed by atoms with E-state index in [-0.39, 0.29) is 11.1 Å². The zero-order valence-corrected chi connectivity index (χ0v) is 14.7. The molecule has 0 atom stereocenters. The third-order valence-electron chi connectivity index (χ3n) is 3.48. The van der Waals surface area contributed by atoms with Crippen LogP contribution < -0.4 is 10.2 Å². The first-order valence-electron chi connectivity index (χ1n) is 7.30. The first-order valence-corrected chi connectivity index (χ1v) is 8.05. The average molecular weight is 374 g/mol. The minimum Gasteiger partial charge on any atom is -0.497 e. The highest BCUT2D eigenvalue weighted by molar-refractivity contribution is 6.33. The number of ether oxygens (including phenoxy) is 1. The minimum atomic E-state index is -0.341. The van der Waals surface area contributed by atoms with Crippen molar-refractivity contribution >= 4 is 46.2 Å². The van der Waals surface area contributed by atoms with Gasteiger partial charge in [-0.3, -0.25) is 4.79 Å². The van der Waals surface area contributed by atoms with Crippen LogP contribution >= 0.6 is 23.2 Å². The predicted molar refractivity (Wildman–Crippen MR) is 99.8 cm³/mol. The Hall–Kier alpha value is -2.63. The molecule has 1 heterocycles. The van der Waals surface area contributed by atoms with Crippen LogP contribution in [0.5, 0.6) is 5.75 Å². The van der Waals surface area contributed by atoms with Gasteiger partial charge in [-0.15, -0.1) is 0 Å². The van der Waals surface area contributed by atoms with Gasteiger partial charge in [-0.2, -0.15) is 5.10 Å². The van der Waals surface area contributed by atoms with Crippen molar-refractivity contribution in [3.63, 3.8) is 0 Å². The molecule has 0 saturated carbocycles. The second kappa shape index (κ2) is 7.51. The summed E-state index contributed by atoms with van der Waals surface area (Å²) in [5, 5.41) is 5.66. The van der Waals surface area contributed by atoms with Crippen LogP contribution in [0.15, 0.2) is 53.6 Å². The van der Waals surface area contributed by atoms with Gasteiger partial charge in [0.1, 0.15) is 10.9 Å². The maximum absolute atomic E-state index is 12.0. The van der Waals surface area contributed by atoms with Gasteiger partial charge < -0.3 is 4.74 Å². The predicted octanol–water partition coefficient (Wildman–Crippen LogP) is 4.31. The van der Waals surface area contributed by atoms with Crippen LogP contribution in [0.25, 0.3) is 10.9 Å². The van der Waals surface area contributed by atoms with Gasteiger partial charge >= 0.3 is 0 Å². The molecule has 3 rings (SSSR count). The van der Waals surface area contributed by atoms with Crippen molar-refractivity contribution < 1.29 is 9.53 Å². The first kappa shape index (κ1) is 17.2. The van der Waals surface area contributed by atoms with Gasteiger partial charge in [-0.05, 0) is 48.5 Å². The molecule has 1 aromatic heterocycles. The van der Waals surface area contributed by atoms with Crippen LogP contribution in [0.2, 0.25) is 10.2 Å². The lowest BCUT2D eigenvalue weighted by Crippen LogP contribution is -2.17. The molecule has 0 bridgehead atoms. The Morgan fingerprint density at radius 3 is 2.64 bits per heavy atom. The van der Waals surface area contributed by atoms with Crippen molar-refractivity contribution in [2.45, 2.75) is 0 Å². The second-order valence-corrected chi connectivity index (χ2v) is 5.93. The van der Waals surface area contributed by atoms with Crippen LogP contribution in [0.3, 0.4) is 0 Å². The van der Waals surface area contributed by atoms with Crippen LogP contribution in [-0.4, -0.2) is 24.2 Å². The zero-order chi connectivity index (χ0) is 17.8. The van der Waals surface area contributed by atoms with Gasteiger partial charge in [0.2, 0.25) is 0 Å².